The van der Waals surface area contributed by atoms with Crippen molar-refractivity contribution in [3.8, 4) is 6.07 Å². The Hall–Kier alpha value is -1.04. The van der Waals surface area contributed by atoms with E-state index in [4.69, 9.17) is 4.74 Å². The average molecular weight is 376 g/mol. The van der Waals surface area contributed by atoms with E-state index >= 15 is 0 Å². The lowest BCUT2D eigenvalue weighted by Crippen LogP contribution is -2.33. The van der Waals surface area contributed by atoms with Gasteiger partial charge in [0.25, 0.3) is 0 Å². The van der Waals surface area contributed by atoms with E-state index < -0.39 is 0 Å². The van der Waals surface area contributed by atoms with Crippen LogP contribution >= 0.6 is 0 Å². The molecule has 3 heteroatoms. The molecule has 154 valence electrons. The van der Waals surface area contributed by atoms with E-state index in [0.717, 1.165) is 57.3 Å². The van der Waals surface area contributed by atoms with Crippen molar-refractivity contribution >= 4 is 5.97 Å². The molecule has 27 heavy (non-hydrogen) atoms. The summed E-state index contributed by atoms with van der Waals surface area (Å²) in [4.78, 5) is 12.6. The number of hydrogen-bond acceptors (Lipinski definition) is 3. The largest absolute Gasteiger partial charge is 0.462 e. The number of esters is 1. The SMILES string of the molecule is CCCCCCC1(C#N)CCC(OC(=O)C2CCC(CCCC)CC2)CC1. The second-order valence-electron chi connectivity index (χ2n) is 9.20. The second kappa shape index (κ2) is 11.7. The van der Waals surface area contributed by atoms with Crippen LogP contribution in [0.25, 0.3) is 0 Å². The second-order valence-corrected chi connectivity index (χ2v) is 9.20. The molecule has 0 atom stereocenters. The predicted octanol–water partition coefficient (Wildman–Crippen LogP) is 6.95. The third-order valence-corrected chi connectivity index (χ3v) is 7.06. The van der Waals surface area contributed by atoms with Crippen molar-refractivity contribution < 1.29 is 9.53 Å². The zero-order chi connectivity index (χ0) is 19.5. The van der Waals surface area contributed by atoms with Gasteiger partial charge in [-0.2, -0.15) is 5.26 Å². The molecule has 0 aromatic heterocycles. The Morgan fingerprint density at radius 1 is 0.963 bits per heavy atom. The maximum atomic E-state index is 12.6. The Balaban J connectivity index is 1.69. The third kappa shape index (κ3) is 7.13. The van der Waals surface area contributed by atoms with Gasteiger partial charge in [0.15, 0.2) is 0 Å². The highest BCUT2D eigenvalue weighted by Gasteiger charge is 2.37. The molecule has 3 nitrogen and oxygen atoms in total. The third-order valence-electron chi connectivity index (χ3n) is 7.06. The van der Waals surface area contributed by atoms with Crippen LogP contribution in [-0.2, 0) is 9.53 Å². The summed E-state index contributed by atoms with van der Waals surface area (Å²) in [6.45, 7) is 4.47. The summed E-state index contributed by atoms with van der Waals surface area (Å²) in [6, 6.07) is 2.61. The fraction of sp³-hybridized carbons (Fsp3) is 0.917. The number of hydrogen-bond donors (Lipinski definition) is 0. The zero-order valence-electron chi connectivity index (χ0n) is 17.8. The van der Waals surface area contributed by atoms with Crippen molar-refractivity contribution in [2.75, 3.05) is 0 Å². The van der Waals surface area contributed by atoms with Crippen LogP contribution in [0.15, 0.2) is 0 Å². The summed E-state index contributed by atoms with van der Waals surface area (Å²) < 4.78 is 5.88. The molecule has 0 bridgehead atoms. The molecule has 2 aliphatic carbocycles. The maximum absolute atomic E-state index is 12.6. The Bertz CT molecular complexity index is 465. The van der Waals surface area contributed by atoms with Gasteiger partial charge in [0.1, 0.15) is 6.10 Å². The molecule has 0 spiro atoms. The van der Waals surface area contributed by atoms with Crippen LogP contribution < -0.4 is 0 Å². The first kappa shape index (κ1) is 22.3. The standard InChI is InChI=1S/C24H41NO2/c1-3-5-7-8-16-24(19-25)17-14-22(15-18-24)27-23(26)21-12-10-20(11-13-21)9-6-4-2/h20-22H,3-18H2,1-2H3. The number of ether oxygens (including phenoxy) is 1. The van der Waals surface area contributed by atoms with Gasteiger partial charge >= 0.3 is 5.97 Å². The van der Waals surface area contributed by atoms with Crippen molar-refractivity contribution in [3.05, 3.63) is 0 Å². The van der Waals surface area contributed by atoms with Gasteiger partial charge in [-0.05, 0) is 63.7 Å². The van der Waals surface area contributed by atoms with Crippen LogP contribution in [-0.4, -0.2) is 12.1 Å². The minimum Gasteiger partial charge on any atom is -0.462 e. The molecule has 0 heterocycles. The molecular weight excluding hydrogens is 334 g/mol. The Kier molecular flexibility index (Phi) is 9.66. The molecule has 0 aromatic carbocycles. The normalized spacial score (nSPS) is 31.2. The van der Waals surface area contributed by atoms with Gasteiger partial charge in [0, 0.05) is 0 Å². The summed E-state index contributed by atoms with van der Waals surface area (Å²) in [5, 5.41) is 9.70. The Morgan fingerprint density at radius 2 is 1.63 bits per heavy atom. The van der Waals surface area contributed by atoms with E-state index in [0.29, 0.717) is 0 Å². The molecule has 0 N–H and O–H groups in total. The predicted molar refractivity (Wildman–Crippen MR) is 110 cm³/mol. The van der Waals surface area contributed by atoms with E-state index in [-0.39, 0.29) is 23.4 Å². The first-order valence-corrected chi connectivity index (χ1v) is 11.7. The number of nitrogens with zero attached hydrogens (tertiary/aromatic N) is 1. The first-order chi connectivity index (χ1) is 13.1. The van der Waals surface area contributed by atoms with Crippen molar-refractivity contribution in [3.63, 3.8) is 0 Å². The van der Waals surface area contributed by atoms with Crippen molar-refractivity contribution in [1.82, 2.24) is 0 Å². The summed E-state index contributed by atoms with van der Waals surface area (Å²) in [7, 11) is 0. The molecular formula is C24H41NO2. The van der Waals surface area contributed by atoms with E-state index in [2.05, 4.69) is 19.9 Å². The highest BCUT2D eigenvalue weighted by molar-refractivity contribution is 5.72. The number of nitriles is 1. The fourth-order valence-electron chi connectivity index (χ4n) is 5.01. The van der Waals surface area contributed by atoms with E-state index in [1.807, 2.05) is 0 Å². The van der Waals surface area contributed by atoms with Crippen LogP contribution in [0.5, 0.6) is 0 Å². The first-order valence-electron chi connectivity index (χ1n) is 11.7. The minimum absolute atomic E-state index is 0.0429. The molecule has 0 saturated heterocycles. The van der Waals surface area contributed by atoms with Crippen LogP contribution in [0, 0.1) is 28.6 Å². The summed E-state index contributed by atoms with van der Waals surface area (Å²) in [6.07, 6.45) is 17.8. The van der Waals surface area contributed by atoms with Gasteiger partial charge in [-0.25, -0.2) is 0 Å². The summed E-state index contributed by atoms with van der Waals surface area (Å²) >= 11 is 0. The van der Waals surface area contributed by atoms with Gasteiger partial charge in [-0.3, -0.25) is 4.79 Å². The molecule has 0 aliphatic heterocycles. The Labute approximate surface area is 167 Å². The summed E-state index contributed by atoms with van der Waals surface area (Å²) in [5.41, 5.74) is -0.159. The quantitative estimate of drug-likeness (QED) is 0.306. The minimum atomic E-state index is -0.159. The number of unbranched alkanes of at least 4 members (excludes halogenated alkanes) is 4. The van der Waals surface area contributed by atoms with Crippen LogP contribution in [0.3, 0.4) is 0 Å². The molecule has 2 saturated carbocycles. The molecule has 0 radical (unpaired) electrons. The van der Waals surface area contributed by atoms with Crippen LogP contribution in [0.1, 0.15) is 117 Å². The van der Waals surface area contributed by atoms with Gasteiger partial charge < -0.3 is 4.74 Å². The van der Waals surface area contributed by atoms with Crippen molar-refractivity contribution in [1.29, 1.82) is 5.26 Å². The summed E-state index contributed by atoms with van der Waals surface area (Å²) in [5.74, 6) is 0.994. The van der Waals surface area contributed by atoms with E-state index in [1.54, 1.807) is 0 Å². The van der Waals surface area contributed by atoms with Gasteiger partial charge in [0.05, 0.1) is 17.4 Å². The van der Waals surface area contributed by atoms with Crippen molar-refractivity contribution in [2.24, 2.45) is 17.3 Å². The molecule has 0 unspecified atom stereocenters. The van der Waals surface area contributed by atoms with Crippen LogP contribution in [0.2, 0.25) is 0 Å². The zero-order valence-corrected chi connectivity index (χ0v) is 17.8. The van der Waals surface area contributed by atoms with Gasteiger partial charge in [0.2, 0.25) is 0 Å². The molecule has 2 fully saturated rings. The highest BCUT2D eigenvalue weighted by atomic mass is 16.5. The highest BCUT2D eigenvalue weighted by Crippen LogP contribution is 2.41. The molecule has 0 amide bonds. The van der Waals surface area contributed by atoms with Gasteiger partial charge in [-0.1, -0.05) is 58.8 Å². The Morgan fingerprint density at radius 3 is 2.22 bits per heavy atom. The number of carbonyl (C=O) groups is 1. The van der Waals surface area contributed by atoms with Gasteiger partial charge in [-0.15, -0.1) is 0 Å². The lowest BCUT2D eigenvalue weighted by Gasteiger charge is -2.35. The maximum Gasteiger partial charge on any atom is 0.309 e. The number of carbonyl (C=O) groups excluding carboxylic acids is 1. The van der Waals surface area contributed by atoms with Crippen LogP contribution in [0.4, 0.5) is 0 Å². The number of rotatable bonds is 10. The topological polar surface area (TPSA) is 50.1 Å². The average Bonchev–Trinajstić information content (AvgIpc) is 2.71. The lowest BCUT2D eigenvalue weighted by molar-refractivity contribution is -0.158. The van der Waals surface area contributed by atoms with Crippen molar-refractivity contribution in [2.45, 2.75) is 123 Å². The monoisotopic (exact) mass is 375 g/mol. The lowest BCUT2D eigenvalue weighted by atomic mass is 9.71. The van der Waals surface area contributed by atoms with E-state index in [9.17, 15) is 10.1 Å². The smallest absolute Gasteiger partial charge is 0.309 e. The van der Waals surface area contributed by atoms with E-state index in [1.165, 1.54) is 51.4 Å². The molecule has 2 aliphatic rings. The fourth-order valence-corrected chi connectivity index (χ4v) is 5.01. The molecule has 2 rings (SSSR count). The molecule has 0 aromatic rings.